The lowest BCUT2D eigenvalue weighted by atomic mass is 9.95. The third-order valence-corrected chi connectivity index (χ3v) is 5.03. The van der Waals surface area contributed by atoms with Crippen molar-refractivity contribution in [1.29, 1.82) is 0 Å². The summed E-state index contributed by atoms with van der Waals surface area (Å²) in [4.78, 5) is 37.7. The highest BCUT2D eigenvalue weighted by molar-refractivity contribution is 6.46. The molecule has 0 aliphatic carbocycles. The molecule has 1 fully saturated rings. The molecule has 0 radical (unpaired) electrons. The topological polar surface area (TPSA) is 119 Å². The number of Topliss-reactive ketones (excluding diaryl/α,β-unsaturated/α-hetero) is 1. The molecule has 2 aromatic rings. The van der Waals surface area contributed by atoms with Gasteiger partial charge in [-0.2, -0.15) is 0 Å². The van der Waals surface area contributed by atoms with Crippen molar-refractivity contribution in [2.24, 2.45) is 0 Å². The lowest BCUT2D eigenvalue weighted by molar-refractivity contribution is -0.384. The number of hydrogen-bond acceptors (Lipinski definition) is 7. The van der Waals surface area contributed by atoms with E-state index in [1.807, 2.05) is 0 Å². The van der Waals surface area contributed by atoms with Crippen LogP contribution in [0.3, 0.4) is 0 Å². The van der Waals surface area contributed by atoms with Gasteiger partial charge in [-0.15, -0.1) is 0 Å². The molecule has 1 heterocycles. The highest BCUT2D eigenvalue weighted by atomic mass is 16.6. The molecule has 1 N–H and O–H groups in total. The van der Waals surface area contributed by atoms with Crippen molar-refractivity contribution >= 4 is 23.1 Å². The Balaban J connectivity index is 2.16. The van der Waals surface area contributed by atoms with Crippen LogP contribution < -0.4 is 4.74 Å². The molecule has 0 aromatic heterocycles. The second-order valence-corrected chi connectivity index (χ2v) is 6.92. The maximum absolute atomic E-state index is 12.9. The highest BCUT2D eigenvalue weighted by Gasteiger charge is 2.46. The van der Waals surface area contributed by atoms with Gasteiger partial charge in [0.1, 0.15) is 11.5 Å². The van der Waals surface area contributed by atoms with Crippen molar-refractivity contribution in [1.82, 2.24) is 4.90 Å². The number of carbonyl (C=O) groups excluding carboxylic acids is 2. The molecule has 31 heavy (non-hydrogen) atoms. The number of ketones is 1. The lowest BCUT2D eigenvalue weighted by Gasteiger charge is -2.25. The molecule has 162 valence electrons. The van der Waals surface area contributed by atoms with Crippen LogP contribution in [0.15, 0.2) is 54.1 Å². The number of aliphatic hydroxyl groups excluding tert-OH is 1. The summed E-state index contributed by atoms with van der Waals surface area (Å²) in [6, 6.07) is 11.2. The number of hydrogen-bond donors (Lipinski definition) is 1. The average Bonchev–Trinajstić information content (AvgIpc) is 3.04. The number of carbonyl (C=O) groups is 2. The van der Waals surface area contributed by atoms with Gasteiger partial charge in [-0.3, -0.25) is 19.7 Å². The third-order valence-electron chi connectivity index (χ3n) is 5.03. The summed E-state index contributed by atoms with van der Waals surface area (Å²) in [5, 5.41) is 22.3. The highest BCUT2D eigenvalue weighted by Crippen LogP contribution is 2.40. The SMILES string of the molecule is COCCCN1C(=O)C(=O)C(=C(O)c2cccc(OC)c2)C1c1cccc([N+](=O)[O-])c1. The number of likely N-dealkylation sites (tertiary alicyclic amines) is 1. The van der Waals surface area contributed by atoms with E-state index >= 15 is 0 Å². The van der Waals surface area contributed by atoms with Crippen molar-refractivity contribution in [3.8, 4) is 5.75 Å². The molecule has 9 nitrogen and oxygen atoms in total. The van der Waals surface area contributed by atoms with Gasteiger partial charge in [0.25, 0.3) is 17.4 Å². The van der Waals surface area contributed by atoms with E-state index in [1.54, 1.807) is 24.3 Å². The van der Waals surface area contributed by atoms with Crippen molar-refractivity contribution < 1.29 is 29.1 Å². The maximum atomic E-state index is 12.9. The molecule has 1 unspecified atom stereocenters. The average molecular weight is 426 g/mol. The summed E-state index contributed by atoms with van der Waals surface area (Å²) < 4.78 is 10.2. The second kappa shape index (κ2) is 9.40. The molecule has 3 rings (SSSR count). The van der Waals surface area contributed by atoms with Crippen LogP contribution in [-0.2, 0) is 14.3 Å². The zero-order valence-corrected chi connectivity index (χ0v) is 17.1. The van der Waals surface area contributed by atoms with Crippen molar-refractivity contribution in [3.05, 3.63) is 75.3 Å². The van der Waals surface area contributed by atoms with Gasteiger partial charge in [-0.1, -0.05) is 24.3 Å². The Morgan fingerprint density at radius 3 is 2.58 bits per heavy atom. The van der Waals surface area contributed by atoms with Gasteiger partial charge in [0.05, 0.1) is 23.6 Å². The van der Waals surface area contributed by atoms with Crippen LogP contribution >= 0.6 is 0 Å². The van der Waals surface area contributed by atoms with E-state index in [0.717, 1.165) is 0 Å². The fraction of sp³-hybridized carbons (Fsp3) is 0.273. The predicted octanol–water partition coefficient (Wildman–Crippen LogP) is 3.06. The Morgan fingerprint density at radius 1 is 1.16 bits per heavy atom. The first-order valence-corrected chi connectivity index (χ1v) is 9.55. The number of nitrogens with zero attached hydrogens (tertiary/aromatic N) is 2. The molecule has 1 aliphatic rings. The number of ether oxygens (including phenoxy) is 2. The molecule has 1 aliphatic heterocycles. The van der Waals surface area contributed by atoms with Crippen molar-refractivity contribution in [3.63, 3.8) is 0 Å². The van der Waals surface area contributed by atoms with Crippen LogP contribution in [0.25, 0.3) is 5.76 Å². The van der Waals surface area contributed by atoms with E-state index in [-0.39, 0.29) is 23.6 Å². The first-order chi connectivity index (χ1) is 14.9. The number of nitro benzene ring substituents is 1. The van der Waals surface area contributed by atoms with Crippen LogP contribution in [0.2, 0.25) is 0 Å². The maximum Gasteiger partial charge on any atom is 0.295 e. The van der Waals surface area contributed by atoms with Crippen LogP contribution in [0.1, 0.15) is 23.6 Å². The van der Waals surface area contributed by atoms with E-state index in [9.17, 15) is 24.8 Å². The largest absolute Gasteiger partial charge is 0.507 e. The lowest BCUT2D eigenvalue weighted by Crippen LogP contribution is -2.31. The van der Waals surface area contributed by atoms with Gasteiger partial charge < -0.3 is 19.5 Å². The number of benzene rings is 2. The standard InChI is InChI=1S/C22H22N2O7/c1-30-11-5-10-23-19(14-6-3-8-16(12-14)24(28)29)18(21(26)22(23)27)20(25)15-7-4-9-17(13-15)31-2/h3-4,6-9,12-13,19,25H,5,10-11H2,1-2H3. The van der Waals surface area contributed by atoms with Gasteiger partial charge in [0.15, 0.2) is 0 Å². The smallest absolute Gasteiger partial charge is 0.295 e. The van der Waals surface area contributed by atoms with E-state index in [4.69, 9.17) is 9.47 Å². The van der Waals surface area contributed by atoms with Crippen molar-refractivity contribution in [2.75, 3.05) is 27.4 Å². The molecular formula is C22H22N2O7. The number of rotatable bonds is 8. The number of methoxy groups -OCH3 is 2. The zero-order valence-electron chi connectivity index (χ0n) is 17.1. The zero-order chi connectivity index (χ0) is 22.5. The summed E-state index contributed by atoms with van der Waals surface area (Å²) in [6.45, 7) is 0.543. The Labute approximate surface area is 178 Å². The van der Waals surface area contributed by atoms with Gasteiger partial charge in [-0.25, -0.2) is 0 Å². The normalized spacial score (nSPS) is 17.7. The number of non-ortho nitro benzene ring substituents is 1. The molecule has 0 saturated carbocycles. The monoisotopic (exact) mass is 426 g/mol. The minimum absolute atomic E-state index is 0.129. The Hall–Kier alpha value is -3.72. The molecule has 9 heteroatoms. The number of amides is 1. The molecule has 1 amide bonds. The van der Waals surface area contributed by atoms with Crippen LogP contribution in [-0.4, -0.2) is 54.0 Å². The van der Waals surface area contributed by atoms with E-state index in [1.165, 1.54) is 43.4 Å². The van der Waals surface area contributed by atoms with Gasteiger partial charge in [0.2, 0.25) is 0 Å². The minimum atomic E-state index is -0.969. The second-order valence-electron chi connectivity index (χ2n) is 6.92. The van der Waals surface area contributed by atoms with Crippen molar-refractivity contribution in [2.45, 2.75) is 12.5 Å². The molecule has 0 bridgehead atoms. The Bertz CT molecular complexity index is 1050. The minimum Gasteiger partial charge on any atom is -0.507 e. The molecule has 1 atom stereocenters. The fourth-order valence-electron chi connectivity index (χ4n) is 3.57. The first kappa shape index (κ1) is 22.0. The summed E-state index contributed by atoms with van der Waals surface area (Å²) in [5.74, 6) is -1.54. The number of nitro groups is 1. The molecule has 1 saturated heterocycles. The summed E-state index contributed by atoms with van der Waals surface area (Å²) in [5.41, 5.74) is 0.345. The Kier molecular flexibility index (Phi) is 6.66. The van der Waals surface area contributed by atoms with Gasteiger partial charge >= 0.3 is 0 Å². The molecule has 2 aromatic carbocycles. The van der Waals surface area contributed by atoms with Gasteiger partial charge in [-0.05, 0) is 24.1 Å². The van der Waals surface area contributed by atoms with Crippen LogP contribution in [0.5, 0.6) is 5.75 Å². The van der Waals surface area contributed by atoms with Crippen LogP contribution in [0.4, 0.5) is 5.69 Å². The third kappa shape index (κ3) is 4.41. The van der Waals surface area contributed by atoms with Crippen LogP contribution in [0, 0.1) is 10.1 Å². The van der Waals surface area contributed by atoms with E-state index in [0.29, 0.717) is 29.9 Å². The van der Waals surface area contributed by atoms with E-state index in [2.05, 4.69) is 0 Å². The summed E-state index contributed by atoms with van der Waals surface area (Å²) >= 11 is 0. The van der Waals surface area contributed by atoms with E-state index < -0.39 is 22.7 Å². The predicted molar refractivity (Wildman–Crippen MR) is 112 cm³/mol. The van der Waals surface area contributed by atoms with Gasteiger partial charge in [0, 0.05) is 38.0 Å². The quantitative estimate of drug-likeness (QED) is 0.172. The Morgan fingerprint density at radius 2 is 1.90 bits per heavy atom. The molecule has 0 spiro atoms. The summed E-state index contributed by atoms with van der Waals surface area (Å²) in [7, 11) is 2.99. The molecular weight excluding hydrogens is 404 g/mol. The first-order valence-electron chi connectivity index (χ1n) is 9.55. The fourth-order valence-corrected chi connectivity index (χ4v) is 3.57. The summed E-state index contributed by atoms with van der Waals surface area (Å²) in [6.07, 6.45) is 0.453. The number of aliphatic hydroxyl groups is 1.